The molecule has 0 unspecified atom stereocenters. The molecule has 1 aromatic heterocycles. The number of rotatable bonds is 5. The van der Waals surface area contributed by atoms with Crippen LogP contribution in [-0.4, -0.2) is 26.4 Å². The molecule has 0 aliphatic heterocycles. The maximum Gasteiger partial charge on any atom is 0.248 e. The number of carbonyl (C=O) groups is 1. The number of benzene rings is 1. The molecule has 0 spiro atoms. The Bertz CT molecular complexity index is 627. The number of primary amides is 1. The van der Waals surface area contributed by atoms with E-state index in [2.05, 4.69) is 36.4 Å². The smallest absolute Gasteiger partial charge is 0.248 e. The molecule has 0 fully saturated rings. The highest BCUT2D eigenvalue weighted by molar-refractivity contribution is 5.92. The molecule has 0 bridgehead atoms. The molecule has 1 heterocycles. The number of hydrogen-bond donors (Lipinski definition) is 2. The number of nitrogens with two attached hydrogens (primary N) is 1. The summed E-state index contributed by atoms with van der Waals surface area (Å²) in [6, 6.07) is 7.22. The number of nitrogens with zero attached hydrogens (tertiary/aromatic N) is 3. The highest BCUT2D eigenvalue weighted by atomic mass is 16.1. The van der Waals surface area contributed by atoms with Crippen molar-refractivity contribution in [2.24, 2.45) is 5.73 Å². The minimum atomic E-state index is -0.425. The van der Waals surface area contributed by atoms with Gasteiger partial charge >= 0.3 is 0 Å². The quantitative estimate of drug-likeness (QED) is 0.868. The van der Waals surface area contributed by atoms with E-state index in [1.807, 2.05) is 18.3 Å². The van der Waals surface area contributed by atoms with Crippen molar-refractivity contribution in [3.8, 4) is 0 Å². The first-order valence-corrected chi connectivity index (χ1v) is 6.86. The summed E-state index contributed by atoms with van der Waals surface area (Å²) in [5.74, 6) is -0.425. The van der Waals surface area contributed by atoms with Crippen LogP contribution in [0.25, 0.3) is 0 Å². The molecule has 0 atom stereocenters. The Hall–Kier alpha value is -2.21. The van der Waals surface area contributed by atoms with E-state index in [-0.39, 0.29) is 5.54 Å². The van der Waals surface area contributed by atoms with Crippen LogP contribution in [0.15, 0.2) is 30.5 Å². The molecule has 0 saturated heterocycles. The molecule has 0 radical (unpaired) electrons. The number of carbonyl (C=O) groups excluding carboxylic acids is 1. The first-order valence-electron chi connectivity index (χ1n) is 6.86. The van der Waals surface area contributed by atoms with Crippen molar-refractivity contribution in [3.05, 3.63) is 47.3 Å². The summed E-state index contributed by atoms with van der Waals surface area (Å²) in [4.78, 5) is 11.2. The Kier molecular flexibility index (Phi) is 4.37. The second-order valence-electron chi connectivity index (χ2n) is 6.08. The van der Waals surface area contributed by atoms with Crippen LogP contribution in [0.3, 0.4) is 0 Å². The summed E-state index contributed by atoms with van der Waals surface area (Å²) in [6.45, 7) is 7.54. The van der Waals surface area contributed by atoms with Crippen LogP contribution < -0.4 is 11.1 Å². The molecule has 6 heteroatoms. The average Bonchev–Trinajstić information content (AvgIpc) is 2.83. The SMILES string of the molecule is CC(C)(C)NCc1cn(Cc2cccc(C(N)=O)c2)nn1. The summed E-state index contributed by atoms with van der Waals surface area (Å²) < 4.78 is 1.75. The van der Waals surface area contributed by atoms with Crippen molar-refractivity contribution in [2.75, 3.05) is 0 Å². The fourth-order valence-corrected chi connectivity index (χ4v) is 1.86. The van der Waals surface area contributed by atoms with E-state index in [1.54, 1.807) is 16.8 Å². The van der Waals surface area contributed by atoms with Gasteiger partial charge in [0.05, 0.1) is 18.4 Å². The van der Waals surface area contributed by atoms with E-state index in [9.17, 15) is 4.79 Å². The van der Waals surface area contributed by atoms with Gasteiger partial charge in [0.1, 0.15) is 0 Å². The molecule has 1 amide bonds. The lowest BCUT2D eigenvalue weighted by Gasteiger charge is -2.19. The third kappa shape index (κ3) is 4.68. The summed E-state index contributed by atoms with van der Waals surface area (Å²) in [7, 11) is 0. The summed E-state index contributed by atoms with van der Waals surface area (Å²) in [5, 5.41) is 11.6. The number of amides is 1. The molecule has 2 rings (SSSR count). The largest absolute Gasteiger partial charge is 0.366 e. The third-order valence-electron chi connectivity index (χ3n) is 2.94. The van der Waals surface area contributed by atoms with Gasteiger partial charge in [0.25, 0.3) is 0 Å². The molecular weight excluding hydrogens is 266 g/mol. The fourth-order valence-electron chi connectivity index (χ4n) is 1.86. The van der Waals surface area contributed by atoms with E-state index in [1.165, 1.54) is 0 Å². The Balaban J connectivity index is 2.02. The molecule has 0 saturated carbocycles. The van der Waals surface area contributed by atoms with Crippen molar-refractivity contribution in [1.29, 1.82) is 0 Å². The number of aromatic nitrogens is 3. The third-order valence-corrected chi connectivity index (χ3v) is 2.94. The van der Waals surface area contributed by atoms with Gasteiger partial charge in [0.2, 0.25) is 5.91 Å². The zero-order valence-corrected chi connectivity index (χ0v) is 12.6. The Morgan fingerprint density at radius 3 is 2.81 bits per heavy atom. The van der Waals surface area contributed by atoms with Crippen LogP contribution in [0.2, 0.25) is 0 Å². The molecule has 0 aliphatic rings. The van der Waals surface area contributed by atoms with E-state index in [0.29, 0.717) is 18.7 Å². The highest BCUT2D eigenvalue weighted by Gasteiger charge is 2.10. The molecular formula is C15H21N5O. The second kappa shape index (κ2) is 6.05. The zero-order chi connectivity index (χ0) is 15.5. The van der Waals surface area contributed by atoms with Crippen LogP contribution in [-0.2, 0) is 13.1 Å². The lowest BCUT2D eigenvalue weighted by molar-refractivity contribution is 0.1000. The summed E-state index contributed by atoms with van der Waals surface area (Å²) >= 11 is 0. The normalized spacial score (nSPS) is 11.6. The van der Waals surface area contributed by atoms with E-state index in [0.717, 1.165) is 11.3 Å². The van der Waals surface area contributed by atoms with E-state index in [4.69, 9.17) is 5.73 Å². The number of nitrogens with one attached hydrogen (secondary N) is 1. The Morgan fingerprint density at radius 1 is 1.38 bits per heavy atom. The van der Waals surface area contributed by atoms with Gasteiger partial charge in [-0.25, -0.2) is 4.68 Å². The highest BCUT2D eigenvalue weighted by Crippen LogP contribution is 2.07. The minimum Gasteiger partial charge on any atom is -0.366 e. The second-order valence-corrected chi connectivity index (χ2v) is 6.08. The van der Waals surface area contributed by atoms with Crippen LogP contribution >= 0.6 is 0 Å². The Labute approximate surface area is 124 Å². The zero-order valence-electron chi connectivity index (χ0n) is 12.6. The predicted molar refractivity (Wildman–Crippen MR) is 80.7 cm³/mol. The van der Waals surface area contributed by atoms with Gasteiger partial charge in [0, 0.05) is 17.6 Å². The van der Waals surface area contributed by atoms with Crippen LogP contribution in [0, 0.1) is 0 Å². The van der Waals surface area contributed by atoms with E-state index >= 15 is 0 Å². The van der Waals surface area contributed by atoms with Crippen molar-refractivity contribution in [3.63, 3.8) is 0 Å². The molecule has 112 valence electrons. The van der Waals surface area contributed by atoms with Crippen LogP contribution in [0.5, 0.6) is 0 Å². The van der Waals surface area contributed by atoms with Gasteiger partial charge in [-0.15, -0.1) is 5.10 Å². The Morgan fingerprint density at radius 2 is 2.14 bits per heavy atom. The van der Waals surface area contributed by atoms with Gasteiger partial charge in [-0.05, 0) is 38.5 Å². The van der Waals surface area contributed by atoms with Crippen molar-refractivity contribution in [1.82, 2.24) is 20.3 Å². The van der Waals surface area contributed by atoms with Crippen molar-refractivity contribution < 1.29 is 4.79 Å². The summed E-state index contributed by atoms with van der Waals surface area (Å²) in [6.07, 6.45) is 1.90. The number of hydrogen-bond acceptors (Lipinski definition) is 4. The minimum absolute atomic E-state index is 0.0413. The van der Waals surface area contributed by atoms with Crippen molar-refractivity contribution >= 4 is 5.91 Å². The predicted octanol–water partition coefficient (Wildman–Crippen LogP) is 1.31. The monoisotopic (exact) mass is 287 g/mol. The maximum absolute atomic E-state index is 11.2. The fraction of sp³-hybridized carbons (Fsp3) is 0.400. The summed E-state index contributed by atoms with van der Waals surface area (Å²) in [5.41, 5.74) is 7.67. The van der Waals surface area contributed by atoms with Gasteiger partial charge in [-0.3, -0.25) is 4.79 Å². The average molecular weight is 287 g/mol. The standard InChI is InChI=1S/C15H21N5O/c1-15(2,3)17-8-13-10-20(19-18-13)9-11-5-4-6-12(7-11)14(16)21/h4-7,10,17H,8-9H2,1-3H3,(H2,16,21). The van der Waals surface area contributed by atoms with Gasteiger partial charge < -0.3 is 11.1 Å². The van der Waals surface area contributed by atoms with Crippen LogP contribution in [0.4, 0.5) is 0 Å². The first-order chi connectivity index (χ1) is 9.83. The van der Waals surface area contributed by atoms with E-state index < -0.39 is 5.91 Å². The van der Waals surface area contributed by atoms with Crippen molar-refractivity contribution in [2.45, 2.75) is 39.4 Å². The lowest BCUT2D eigenvalue weighted by atomic mass is 10.1. The maximum atomic E-state index is 11.2. The van der Waals surface area contributed by atoms with Crippen LogP contribution in [0.1, 0.15) is 42.4 Å². The molecule has 21 heavy (non-hydrogen) atoms. The van der Waals surface area contributed by atoms with Gasteiger partial charge in [-0.2, -0.15) is 0 Å². The topological polar surface area (TPSA) is 85.8 Å². The van der Waals surface area contributed by atoms with Gasteiger partial charge in [0.15, 0.2) is 0 Å². The molecule has 0 aliphatic carbocycles. The van der Waals surface area contributed by atoms with Gasteiger partial charge in [-0.1, -0.05) is 17.3 Å². The molecule has 1 aromatic carbocycles. The lowest BCUT2D eigenvalue weighted by Crippen LogP contribution is -2.35. The first kappa shape index (κ1) is 15.2. The molecule has 2 aromatic rings. The molecule has 6 nitrogen and oxygen atoms in total. The molecule has 3 N–H and O–H groups in total.